The first-order valence-electron chi connectivity index (χ1n) is 28.1. The number of carbonyl (C=O) groups excluding carboxylic acids is 10. The molecule has 2 saturated heterocycles. The van der Waals surface area contributed by atoms with E-state index in [2.05, 4.69) is 48.1 Å². The molecule has 6 amide bonds. The minimum Gasteiger partial charge on any atom is -0.467 e. The lowest BCUT2D eigenvalue weighted by Crippen LogP contribution is -2.63. The number of imide groups is 1. The fourth-order valence-electron chi connectivity index (χ4n) is 11.3. The summed E-state index contributed by atoms with van der Waals surface area (Å²) in [6, 6.07) is 3.47. The van der Waals surface area contributed by atoms with Gasteiger partial charge in [0, 0.05) is 66.1 Å². The van der Waals surface area contributed by atoms with E-state index in [4.69, 9.17) is 28.4 Å². The van der Waals surface area contributed by atoms with Crippen molar-refractivity contribution in [2.45, 2.75) is 169 Å². The Morgan fingerprint density at radius 2 is 1.44 bits per heavy atom. The van der Waals surface area contributed by atoms with Crippen LogP contribution in [0.5, 0.6) is 0 Å². The average Bonchev–Trinajstić information content (AvgIpc) is 1.90. The number of fused-ring (bicyclic) bond motifs is 2. The molecule has 2 bridgehead atoms. The van der Waals surface area contributed by atoms with E-state index in [9.17, 15) is 47.9 Å². The van der Waals surface area contributed by atoms with Crippen LogP contribution in [0, 0.1) is 34.5 Å². The highest BCUT2D eigenvalue weighted by Gasteiger charge is 2.81. The van der Waals surface area contributed by atoms with E-state index in [0.717, 1.165) is 23.8 Å². The molecule has 1 spiro atoms. The second-order valence-corrected chi connectivity index (χ2v) is 22.9. The first-order chi connectivity index (χ1) is 38.3. The summed E-state index contributed by atoms with van der Waals surface area (Å²) >= 11 is 0. The first-order valence-corrected chi connectivity index (χ1v) is 28.1. The zero-order valence-electron chi connectivity index (χ0n) is 48.5. The van der Waals surface area contributed by atoms with Crippen LogP contribution in [-0.4, -0.2) is 133 Å². The van der Waals surface area contributed by atoms with Gasteiger partial charge in [-0.05, 0) is 82.4 Å². The maximum absolute atomic E-state index is 13.5. The van der Waals surface area contributed by atoms with E-state index >= 15 is 0 Å². The van der Waals surface area contributed by atoms with E-state index in [0.29, 0.717) is 43.5 Å². The molecule has 8 unspecified atom stereocenters. The fraction of sp³-hybridized carbons (Fsp3) is 0.600. The Bertz CT molecular complexity index is 2660. The summed E-state index contributed by atoms with van der Waals surface area (Å²) in [5, 5.41) is 10.8. The Kier molecular flexibility index (Phi) is 21.2. The van der Waals surface area contributed by atoms with Crippen LogP contribution in [0.1, 0.15) is 132 Å². The van der Waals surface area contributed by atoms with Crippen LogP contribution >= 0.6 is 0 Å². The Hall–Kier alpha value is -7.00. The normalized spacial score (nSPS) is 26.1. The van der Waals surface area contributed by atoms with Gasteiger partial charge < -0.3 is 49.7 Å². The van der Waals surface area contributed by atoms with Gasteiger partial charge in [-0.15, -0.1) is 0 Å². The van der Waals surface area contributed by atoms with E-state index < -0.39 is 101 Å². The van der Waals surface area contributed by atoms with Crippen molar-refractivity contribution in [2.24, 2.45) is 34.5 Å². The molecule has 6 rings (SSSR count). The number of allylic oxidation sites excluding steroid dienone is 3. The van der Waals surface area contributed by atoms with Gasteiger partial charge in [-0.2, -0.15) is 0 Å². The summed E-state index contributed by atoms with van der Waals surface area (Å²) in [5.74, 6) is -8.11. The molecule has 3 aliphatic heterocycles. The molecule has 1 saturated carbocycles. The second kappa shape index (κ2) is 27.2. The number of hydrogen-bond acceptors (Lipinski definition) is 16. The zero-order chi connectivity index (χ0) is 59.6. The molecular weight excluding hydrogens is 1050 g/mol. The number of esters is 4. The molecule has 0 aromatic heterocycles. The molecule has 442 valence electrons. The largest absolute Gasteiger partial charge is 0.467 e. The van der Waals surface area contributed by atoms with Crippen molar-refractivity contribution >= 4 is 65.0 Å². The third-order valence-corrected chi connectivity index (χ3v) is 17.2. The lowest BCUT2D eigenvalue weighted by Gasteiger charge is -2.57. The Morgan fingerprint density at radius 3 is 2.07 bits per heavy atom. The van der Waals surface area contributed by atoms with Crippen molar-refractivity contribution in [2.75, 3.05) is 32.2 Å². The average molecular weight is 1130 g/mol. The van der Waals surface area contributed by atoms with Crippen LogP contribution in [-0.2, 0) is 76.4 Å². The lowest BCUT2D eigenvalue weighted by molar-refractivity contribution is -0.209. The van der Waals surface area contributed by atoms with Gasteiger partial charge in [-0.25, -0.2) is 14.4 Å². The van der Waals surface area contributed by atoms with Crippen molar-refractivity contribution in [3.05, 3.63) is 77.9 Å². The van der Waals surface area contributed by atoms with Gasteiger partial charge in [0.2, 0.25) is 23.6 Å². The SMILES string of the molecule is COC(=O)C(NC(=O)C(C)C(C)C(=O)OC(C)c1ccc(NC(=O)[C@H](C)NC(=O)C(NC(=O)CCCCCN2C(=O)C=CC2=O)C(C)C)cc1)[C@H](C)CCOC(=O)/C=C/C=C\C(=O)OC1CC2O[C@@H]3C=C(C)CC[C@]3(C)C1(C)[C@]21CO1. The molecule has 3 heterocycles. The lowest BCUT2D eigenvalue weighted by atomic mass is 9.52. The van der Waals surface area contributed by atoms with Gasteiger partial charge >= 0.3 is 23.9 Å². The monoisotopic (exact) mass is 1130 g/mol. The molecule has 13 atom stereocenters. The standard InChI is InChI=1S/C60H81N5O16/c1-34(2)51(63-46(66)17-13-12-16-29-65-47(67)24-25-48(65)68)55(73)61-39(7)54(72)62-42-22-20-41(21-23-42)40(8)79-56(74)38(6)37(5)53(71)64-52(57(75)76-11)36(4)27-30-77-49(69)18-14-15-19-50(70)81-44-32-45-60(33-78-60)59(44,10)58(9)28-26-35(3)31-43(58)80-45/h14-15,18-25,31,34,36-40,43-45,51-52H,12-13,16-17,26-30,32-33H2,1-11H3,(H,61,73)(H,62,72)(H,63,66)(H,64,71)/b18-14+,19-15-/t36-,37?,38?,39+,40?,43-,44?,45?,51?,52?,58+,59?,60+/m1/s1. The van der Waals surface area contributed by atoms with Gasteiger partial charge in [0.25, 0.3) is 11.8 Å². The van der Waals surface area contributed by atoms with Crippen LogP contribution in [0.2, 0.25) is 0 Å². The molecule has 21 nitrogen and oxygen atoms in total. The Morgan fingerprint density at radius 1 is 0.790 bits per heavy atom. The number of rotatable bonds is 27. The van der Waals surface area contributed by atoms with Gasteiger partial charge in [0.1, 0.15) is 35.9 Å². The molecule has 0 radical (unpaired) electrons. The molecule has 3 fully saturated rings. The maximum atomic E-state index is 13.5. The molecule has 81 heavy (non-hydrogen) atoms. The number of nitrogens with one attached hydrogen (secondary N) is 4. The molecule has 2 aliphatic carbocycles. The maximum Gasteiger partial charge on any atom is 0.331 e. The van der Waals surface area contributed by atoms with Gasteiger partial charge in [-0.3, -0.25) is 38.5 Å². The third-order valence-electron chi connectivity index (χ3n) is 17.2. The quantitative estimate of drug-likeness (QED) is 0.0122. The predicted molar refractivity (Wildman–Crippen MR) is 295 cm³/mol. The van der Waals surface area contributed by atoms with Crippen LogP contribution < -0.4 is 21.3 Å². The topological polar surface area (TPSA) is 281 Å². The van der Waals surface area contributed by atoms with Crippen molar-refractivity contribution < 1.29 is 76.4 Å². The number of nitrogens with zero attached hydrogens (tertiary/aromatic N) is 1. The van der Waals surface area contributed by atoms with Crippen molar-refractivity contribution in [1.82, 2.24) is 20.9 Å². The molecule has 1 aromatic carbocycles. The Balaban J connectivity index is 0.886. The summed E-state index contributed by atoms with van der Waals surface area (Å²) < 4.78 is 34.8. The van der Waals surface area contributed by atoms with Crippen molar-refractivity contribution in [3.63, 3.8) is 0 Å². The van der Waals surface area contributed by atoms with Crippen LogP contribution in [0.4, 0.5) is 5.69 Å². The summed E-state index contributed by atoms with van der Waals surface area (Å²) in [4.78, 5) is 129. The molecule has 1 aromatic rings. The minimum absolute atomic E-state index is 0.0838. The van der Waals surface area contributed by atoms with E-state index in [1.165, 1.54) is 63.8 Å². The smallest absolute Gasteiger partial charge is 0.331 e. The van der Waals surface area contributed by atoms with E-state index in [1.54, 1.807) is 52.0 Å². The van der Waals surface area contributed by atoms with Crippen LogP contribution in [0.3, 0.4) is 0 Å². The number of carbonyl (C=O) groups is 10. The predicted octanol–water partition coefficient (Wildman–Crippen LogP) is 5.58. The number of benzene rings is 1. The first kappa shape index (κ1) is 63.2. The summed E-state index contributed by atoms with van der Waals surface area (Å²) in [5.41, 5.74) is 1.07. The van der Waals surface area contributed by atoms with Crippen LogP contribution in [0.25, 0.3) is 0 Å². The summed E-state index contributed by atoms with van der Waals surface area (Å²) in [6.45, 7) is 18.6. The zero-order valence-corrected chi connectivity index (χ0v) is 48.5. The number of amides is 6. The van der Waals surface area contributed by atoms with Crippen molar-refractivity contribution in [3.8, 4) is 0 Å². The van der Waals surface area contributed by atoms with Gasteiger partial charge in [0.15, 0.2) is 0 Å². The number of epoxide rings is 1. The van der Waals surface area contributed by atoms with E-state index in [-0.39, 0.29) is 67.3 Å². The molecule has 4 N–H and O–H groups in total. The molecule has 5 aliphatic rings. The molecule has 21 heteroatoms. The van der Waals surface area contributed by atoms with E-state index in [1.807, 2.05) is 0 Å². The van der Waals surface area contributed by atoms with Crippen LogP contribution in [0.15, 0.2) is 72.4 Å². The van der Waals surface area contributed by atoms with Gasteiger partial charge in [-0.1, -0.05) is 90.8 Å². The highest BCUT2D eigenvalue weighted by atomic mass is 16.6. The second-order valence-electron chi connectivity index (χ2n) is 22.9. The highest BCUT2D eigenvalue weighted by molar-refractivity contribution is 6.12. The number of methoxy groups -OCH3 is 1. The minimum atomic E-state index is -1.14. The third kappa shape index (κ3) is 14.7. The number of anilines is 1. The number of unbranched alkanes of at least 4 members (excludes halogenated alkanes) is 2. The summed E-state index contributed by atoms with van der Waals surface area (Å²) in [6.07, 6.45) is 12.7. The number of ether oxygens (including phenoxy) is 6. The Labute approximate surface area is 474 Å². The van der Waals surface area contributed by atoms with Gasteiger partial charge in [0.05, 0.1) is 38.4 Å². The fourth-order valence-corrected chi connectivity index (χ4v) is 11.3. The molecular formula is C60H81N5O16. The number of hydrogen-bond donors (Lipinski definition) is 4. The summed E-state index contributed by atoms with van der Waals surface area (Å²) in [7, 11) is 1.18. The highest BCUT2D eigenvalue weighted by Crippen LogP contribution is 2.71. The van der Waals surface area contributed by atoms with Crippen molar-refractivity contribution in [1.29, 1.82) is 0 Å².